The van der Waals surface area contributed by atoms with Crippen molar-refractivity contribution in [1.29, 1.82) is 0 Å². The lowest BCUT2D eigenvalue weighted by Crippen LogP contribution is -2.29. The molecule has 0 N–H and O–H groups in total. The van der Waals surface area contributed by atoms with Crippen molar-refractivity contribution >= 4 is 39.9 Å². The van der Waals surface area contributed by atoms with E-state index in [2.05, 4.69) is 0 Å². The molecule has 1 amide bonds. The van der Waals surface area contributed by atoms with Gasteiger partial charge >= 0.3 is 5.63 Å². The van der Waals surface area contributed by atoms with E-state index < -0.39 is 23.2 Å². The summed E-state index contributed by atoms with van der Waals surface area (Å²) in [5.74, 6) is -2.44. The first-order valence-corrected chi connectivity index (χ1v) is 10.2. The van der Waals surface area contributed by atoms with Crippen LogP contribution in [0.15, 0.2) is 63.8 Å². The minimum absolute atomic E-state index is 0.176. The van der Waals surface area contributed by atoms with Gasteiger partial charge in [0, 0.05) is 29.0 Å². The lowest BCUT2D eigenvalue weighted by Gasteiger charge is -2.25. The van der Waals surface area contributed by atoms with Gasteiger partial charge in [-0.1, -0.05) is 35.9 Å². The van der Waals surface area contributed by atoms with Gasteiger partial charge in [-0.2, -0.15) is 0 Å². The van der Waals surface area contributed by atoms with Crippen LogP contribution in [0.25, 0.3) is 22.1 Å². The summed E-state index contributed by atoms with van der Waals surface area (Å²) >= 11 is 6.38. The highest BCUT2D eigenvalue weighted by molar-refractivity contribution is 6.32. The number of carbonyl (C=O) groups is 1. The number of fused-ring (bicyclic) bond motifs is 1. The summed E-state index contributed by atoms with van der Waals surface area (Å²) in [5, 5.41) is 0.924. The van der Waals surface area contributed by atoms with Gasteiger partial charge in [-0.3, -0.25) is 9.69 Å². The lowest BCUT2D eigenvalue weighted by molar-refractivity contribution is -0.115. The van der Waals surface area contributed by atoms with E-state index in [1.54, 1.807) is 31.2 Å². The fourth-order valence-corrected chi connectivity index (χ4v) is 3.92. The summed E-state index contributed by atoms with van der Waals surface area (Å²) < 4.78 is 33.8. The highest BCUT2D eigenvalue weighted by Crippen LogP contribution is 2.41. The molecule has 1 aromatic heterocycles. The molecular formula is C25H18ClF2NO3. The van der Waals surface area contributed by atoms with Crippen LogP contribution >= 0.6 is 11.6 Å². The maximum atomic E-state index is 14.7. The number of benzene rings is 3. The zero-order valence-electron chi connectivity index (χ0n) is 17.5. The Morgan fingerprint density at radius 2 is 1.72 bits per heavy atom. The van der Waals surface area contributed by atoms with Crippen LogP contribution in [-0.4, -0.2) is 5.91 Å². The van der Waals surface area contributed by atoms with Crippen molar-refractivity contribution in [3.05, 3.63) is 92.8 Å². The maximum absolute atomic E-state index is 14.7. The predicted octanol–water partition coefficient (Wildman–Crippen LogP) is 6.69. The van der Waals surface area contributed by atoms with Crippen molar-refractivity contribution < 1.29 is 18.0 Å². The second-order valence-corrected chi connectivity index (χ2v) is 7.88. The minimum atomic E-state index is -0.989. The molecule has 7 heteroatoms. The van der Waals surface area contributed by atoms with Crippen molar-refractivity contribution in [2.75, 3.05) is 4.90 Å². The SMILES string of the molecule is CC(=O)N(c1ccc(F)cc1F)c1c(-c2ccccc2C)c2cc(Cl)c(C)cc2oc1=O. The molecule has 4 nitrogen and oxygen atoms in total. The van der Waals surface area contributed by atoms with Gasteiger partial charge in [0.2, 0.25) is 5.91 Å². The van der Waals surface area contributed by atoms with Gasteiger partial charge in [0.05, 0.1) is 5.69 Å². The average molecular weight is 454 g/mol. The molecule has 0 saturated carbocycles. The topological polar surface area (TPSA) is 50.5 Å². The molecule has 1 heterocycles. The number of amides is 1. The predicted molar refractivity (Wildman–Crippen MR) is 122 cm³/mol. The van der Waals surface area contributed by atoms with Crippen LogP contribution < -0.4 is 10.5 Å². The molecule has 4 aromatic rings. The first-order chi connectivity index (χ1) is 15.2. The Morgan fingerprint density at radius 3 is 2.38 bits per heavy atom. The van der Waals surface area contributed by atoms with Crippen LogP contribution in [0.5, 0.6) is 0 Å². The van der Waals surface area contributed by atoms with Crippen LogP contribution in [0.4, 0.5) is 20.2 Å². The number of anilines is 2. The quantitative estimate of drug-likeness (QED) is 0.324. The monoisotopic (exact) mass is 453 g/mol. The van der Waals surface area contributed by atoms with Gasteiger partial charge in [0.15, 0.2) is 0 Å². The van der Waals surface area contributed by atoms with E-state index in [1.165, 1.54) is 6.92 Å². The number of rotatable bonds is 3. The molecule has 0 aliphatic rings. The van der Waals surface area contributed by atoms with Crippen molar-refractivity contribution in [3.8, 4) is 11.1 Å². The minimum Gasteiger partial charge on any atom is -0.421 e. The molecule has 0 unspecified atom stereocenters. The van der Waals surface area contributed by atoms with Crippen LogP contribution in [-0.2, 0) is 4.79 Å². The third kappa shape index (κ3) is 3.67. The summed E-state index contributed by atoms with van der Waals surface area (Å²) in [6.07, 6.45) is 0. The van der Waals surface area contributed by atoms with Gasteiger partial charge in [-0.05, 0) is 54.8 Å². The number of halogens is 3. The van der Waals surface area contributed by atoms with Crippen LogP contribution in [0.3, 0.4) is 0 Å². The molecule has 162 valence electrons. The Balaban J connectivity index is 2.19. The molecule has 0 aliphatic heterocycles. The standard InChI is InChI=1S/C25H18ClF2NO3/c1-13-6-4-5-7-17(13)23-18-12-19(26)14(2)10-22(18)32-25(31)24(23)29(15(3)30)21-9-8-16(27)11-20(21)28/h4-12H,1-3H3. The lowest BCUT2D eigenvalue weighted by atomic mass is 9.95. The maximum Gasteiger partial charge on any atom is 0.361 e. The third-order valence-corrected chi connectivity index (χ3v) is 5.67. The number of nitrogens with zero attached hydrogens (tertiary/aromatic N) is 1. The smallest absolute Gasteiger partial charge is 0.361 e. The summed E-state index contributed by atoms with van der Waals surface area (Å²) in [6.45, 7) is 4.82. The number of hydrogen-bond donors (Lipinski definition) is 0. The van der Waals surface area contributed by atoms with E-state index >= 15 is 0 Å². The van der Waals surface area contributed by atoms with E-state index in [0.717, 1.165) is 22.6 Å². The molecule has 3 aromatic carbocycles. The molecular weight excluding hydrogens is 436 g/mol. The van der Waals surface area contributed by atoms with Crippen molar-refractivity contribution in [1.82, 2.24) is 0 Å². The van der Waals surface area contributed by atoms with E-state index in [9.17, 15) is 18.4 Å². The van der Waals surface area contributed by atoms with Gasteiger partial charge in [0.1, 0.15) is 22.9 Å². The molecule has 0 atom stereocenters. The van der Waals surface area contributed by atoms with Crippen LogP contribution in [0.1, 0.15) is 18.1 Å². The Labute approximate surface area is 187 Å². The zero-order chi connectivity index (χ0) is 23.2. The zero-order valence-corrected chi connectivity index (χ0v) is 18.3. The fourth-order valence-electron chi connectivity index (χ4n) is 3.75. The summed E-state index contributed by atoms with van der Waals surface area (Å²) in [4.78, 5) is 26.9. The molecule has 0 saturated heterocycles. The molecule has 0 radical (unpaired) electrons. The van der Waals surface area contributed by atoms with E-state index in [1.807, 2.05) is 19.1 Å². The van der Waals surface area contributed by atoms with Crippen LogP contribution in [0.2, 0.25) is 5.02 Å². The van der Waals surface area contributed by atoms with Crippen molar-refractivity contribution in [2.24, 2.45) is 0 Å². The van der Waals surface area contributed by atoms with Gasteiger partial charge < -0.3 is 4.42 Å². The third-order valence-electron chi connectivity index (χ3n) is 5.27. The summed E-state index contributed by atoms with van der Waals surface area (Å²) in [7, 11) is 0. The Morgan fingerprint density at radius 1 is 1.00 bits per heavy atom. The van der Waals surface area contributed by atoms with Gasteiger partial charge in [-0.25, -0.2) is 13.6 Å². The Kier molecular flexibility index (Phi) is 5.57. The van der Waals surface area contributed by atoms with E-state index in [0.29, 0.717) is 33.2 Å². The van der Waals surface area contributed by atoms with E-state index in [-0.39, 0.29) is 17.0 Å². The largest absolute Gasteiger partial charge is 0.421 e. The normalized spacial score (nSPS) is 11.1. The van der Waals surface area contributed by atoms with Crippen LogP contribution in [0, 0.1) is 25.5 Å². The molecule has 32 heavy (non-hydrogen) atoms. The van der Waals surface area contributed by atoms with Crippen molar-refractivity contribution in [2.45, 2.75) is 20.8 Å². The second kappa shape index (κ2) is 8.20. The second-order valence-electron chi connectivity index (χ2n) is 7.48. The Bertz CT molecular complexity index is 1450. The molecule has 0 bridgehead atoms. The van der Waals surface area contributed by atoms with Gasteiger partial charge in [0.25, 0.3) is 0 Å². The molecule has 0 fully saturated rings. The summed E-state index contributed by atoms with van der Waals surface area (Å²) in [6, 6.07) is 13.4. The molecule has 4 rings (SSSR count). The number of carbonyl (C=O) groups excluding carboxylic acids is 1. The van der Waals surface area contributed by atoms with Gasteiger partial charge in [-0.15, -0.1) is 0 Å². The van der Waals surface area contributed by atoms with E-state index in [4.69, 9.17) is 16.0 Å². The highest BCUT2D eigenvalue weighted by Gasteiger charge is 2.28. The summed E-state index contributed by atoms with van der Waals surface area (Å²) in [5.41, 5.74) is 1.55. The first kappa shape index (κ1) is 21.7. The molecule has 0 aliphatic carbocycles. The highest BCUT2D eigenvalue weighted by atomic mass is 35.5. The number of aryl methyl sites for hydroxylation is 2. The average Bonchev–Trinajstić information content (AvgIpc) is 2.72. The molecule has 0 spiro atoms. The van der Waals surface area contributed by atoms with Crippen molar-refractivity contribution in [3.63, 3.8) is 0 Å². The first-order valence-electron chi connectivity index (χ1n) is 9.77. The Hall–Kier alpha value is -3.51. The fraction of sp³-hybridized carbons (Fsp3) is 0.120. The number of hydrogen-bond acceptors (Lipinski definition) is 3.